The van der Waals surface area contributed by atoms with Gasteiger partial charge in [-0.1, -0.05) is 13.8 Å². The molecule has 0 atom stereocenters. The van der Waals surface area contributed by atoms with Gasteiger partial charge in [-0.25, -0.2) is 4.98 Å². The Morgan fingerprint density at radius 2 is 1.95 bits per heavy atom. The molecular weight excluding hydrogens is 240 g/mol. The van der Waals surface area contributed by atoms with E-state index in [4.69, 9.17) is 0 Å². The zero-order chi connectivity index (χ0) is 13.2. The van der Waals surface area contributed by atoms with Gasteiger partial charge in [0.05, 0.1) is 0 Å². The summed E-state index contributed by atoms with van der Waals surface area (Å²) in [5, 5.41) is 4.30. The fourth-order valence-electron chi connectivity index (χ4n) is 2.54. The first-order valence-electron chi connectivity index (χ1n) is 6.98. The predicted molar refractivity (Wildman–Crippen MR) is 74.5 cm³/mol. The second-order valence-electron chi connectivity index (χ2n) is 4.85. The highest BCUT2D eigenvalue weighted by Gasteiger charge is 2.19. The molecule has 1 saturated heterocycles. The molecule has 0 bridgehead atoms. The van der Waals surface area contributed by atoms with Crippen LogP contribution in [0.3, 0.4) is 0 Å². The van der Waals surface area contributed by atoms with Gasteiger partial charge >= 0.3 is 0 Å². The molecule has 1 fully saturated rings. The molecule has 1 aliphatic heterocycles. The molecule has 6 heteroatoms. The van der Waals surface area contributed by atoms with E-state index in [2.05, 4.69) is 44.8 Å². The largest absolute Gasteiger partial charge is 0.354 e. The maximum Gasteiger partial charge on any atom is 0.254 e. The van der Waals surface area contributed by atoms with Crippen molar-refractivity contribution in [1.82, 2.24) is 24.5 Å². The lowest BCUT2D eigenvalue weighted by Gasteiger charge is -2.35. The molecule has 0 amide bonds. The molecule has 3 rings (SSSR count). The van der Waals surface area contributed by atoms with Gasteiger partial charge in [0.15, 0.2) is 0 Å². The SMILES string of the molecule is CCc1cc(N2CCN(CC)CC2)n2ncnc2n1. The molecule has 3 heterocycles. The number of piperazine rings is 1. The fraction of sp³-hybridized carbons (Fsp3) is 0.615. The van der Waals surface area contributed by atoms with E-state index in [1.54, 1.807) is 6.33 Å². The first-order valence-corrected chi connectivity index (χ1v) is 6.98. The van der Waals surface area contributed by atoms with Gasteiger partial charge in [-0.2, -0.15) is 14.6 Å². The minimum atomic E-state index is 0.701. The molecule has 0 aromatic carbocycles. The third-order valence-electron chi connectivity index (χ3n) is 3.79. The molecule has 102 valence electrons. The Hall–Kier alpha value is -1.69. The molecule has 0 unspecified atom stereocenters. The van der Waals surface area contributed by atoms with E-state index >= 15 is 0 Å². The van der Waals surface area contributed by atoms with Crippen LogP contribution >= 0.6 is 0 Å². The van der Waals surface area contributed by atoms with Crippen molar-refractivity contribution in [2.24, 2.45) is 0 Å². The van der Waals surface area contributed by atoms with Crippen molar-refractivity contribution >= 4 is 11.6 Å². The number of fused-ring (bicyclic) bond motifs is 1. The number of likely N-dealkylation sites (N-methyl/N-ethyl adjacent to an activating group) is 1. The molecule has 1 aliphatic rings. The lowest BCUT2D eigenvalue weighted by molar-refractivity contribution is 0.270. The van der Waals surface area contributed by atoms with Crippen molar-refractivity contribution in [3.8, 4) is 0 Å². The molecule has 0 aliphatic carbocycles. The molecule has 0 saturated carbocycles. The van der Waals surface area contributed by atoms with Crippen LogP contribution < -0.4 is 4.90 Å². The number of aryl methyl sites for hydroxylation is 1. The second-order valence-corrected chi connectivity index (χ2v) is 4.85. The van der Waals surface area contributed by atoms with Crippen LogP contribution in [-0.4, -0.2) is 57.2 Å². The van der Waals surface area contributed by atoms with E-state index in [-0.39, 0.29) is 0 Å². The Morgan fingerprint density at radius 1 is 1.16 bits per heavy atom. The van der Waals surface area contributed by atoms with Gasteiger partial charge in [-0.3, -0.25) is 0 Å². The van der Waals surface area contributed by atoms with Crippen molar-refractivity contribution in [2.75, 3.05) is 37.6 Å². The van der Waals surface area contributed by atoms with Gasteiger partial charge in [-0.15, -0.1) is 0 Å². The average molecular weight is 260 g/mol. The summed E-state index contributed by atoms with van der Waals surface area (Å²) in [4.78, 5) is 13.6. The first-order chi connectivity index (χ1) is 9.31. The van der Waals surface area contributed by atoms with Gasteiger partial charge in [0, 0.05) is 37.9 Å². The van der Waals surface area contributed by atoms with Crippen LogP contribution in [-0.2, 0) is 6.42 Å². The summed E-state index contributed by atoms with van der Waals surface area (Å²) in [5.74, 6) is 1.82. The summed E-state index contributed by atoms with van der Waals surface area (Å²) in [6, 6.07) is 2.14. The number of anilines is 1. The molecule has 0 spiro atoms. The van der Waals surface area contributed by atoms with Crippen LogP contribution in [0.15, 0.2) is 12.4 Å². The maximum absolute atomic E-state index is 4.49. The van der Waals surface area contributed by atoms with E-state index < -0.39 is 0 Å². The van der Waals surface area contributed by atoms with Gasteiger partial charge < -0.3 is 9.80 Å². The highest BCUT2D eigenvalue weighted by atomic mass is 15.4. The van der Waals surface area contributed by atoms with Gasteiger partial charge in [-0.05, 0) is 13.0 Å². The summed E-state index contributed by atoms with van der Waals surface area (Å²) in [7, 11) is 0. The summed E-state index contributed by atoms with van der Waals surface area (Å²) in [6.07, 6.45) is 2.50. The number of aromatic nitrogens is 4. The third-order valence-corrected chi connectivity index (χ3v) is 3.79. The second kappa shape index (κ2) is 5.13. The zero-order valence-electron chi connectivity index (χ0n) is 11.6. The average Bonchev–Trinajstić information content (AvgIpc) is 2.94. The zero-order valence-corrected chi connectivity index (χ0v) is 11.6. The van der Waals surface area contributed by atoms with Gasteiger partial charge in [0.2, 0.25) is 0 Å². The molecule has 6 nitrogen and oxygen atoms in total. The Labute approximate surface area is 113 Å². The normalized spacial score (nSPS) is 17.3. The summed E-state index contributed by atoms with van der Waals surface area (Å²) in [6.45, 7) is 9.75. The molecule has 19 heavy (non-hydrogen) atoms. The van der Waals surface area contributed by atoms with E-state index in [1.165, 1.54) is 0 Å². The van der Waals surface area contributed by atoms with Crippen LogP contribution in [0.4, 0.5) is 5.82 Å². The lowest BCUT2D eigenvalue weighted by atomic mass is 10.2. The first kappa shape index (κ1) is 12.3. The molecular formula is C13H20N6. The van der Waals surface area contributed by atoms with E-state index in [0.29, 0.717) is 5.78 Å². The minimum Gasteiger partial charge on any atom is -0.354 e. The minimum absolute atomic E-state index is 0.701. The predicted octanol–water partition coefficient (Wildman–Crippen LogP) is 0.829. The highest BCUT2D eigenvalue weighted by molar-refractivity contribution is 5.47. The van der Waals surface area contributed by atoms with Crippen molar-refractivity contribution in [3.05, 3.63) is 18.1 Å². The smallest absolute Gasteiger partial charge is 0.254 e. The van der Waals surface area contributed by atoms with E-state index in [9.17, 15) is 0 Å². The van der Waals surface area contributed by atoms with Crippen LogP contribution in [0.2, 0.25) is 0 Å². The maximum atomic E-state index is 4.49. The van der Waals surface area contributed by atoms with Crippen molar-refractivity contribution in [3.63, 3.8) is 0 Å². The Kier molecular flexibility index (Phi) is 3.33. The summed E-state index contributed by atoms with van der Waals surface area (Å²) >= 11 is 0. The Balaban J connectivity index is 1.93. The van der Waals surface area contributed by atoms with Crippen LogP contribution in [0, 0.1) is 0 Å². The fourth-order valence-corrected chi connectivity index (χ4v) is 2.54. The molecule has 2 aromatic heterocycles. The van der Waals surface area contributed by atoms with Crippen LogP contribution in [0.5, 0.6) is 0 Å². The number of hydrogen-bond acceptors (Lipinski definition) is 5. The monoisotopic (exact) mass is 260 g/mol. The van der Waals surface area contributed by atoms with Gasteiger partial charge in [0.1, 0.15) is 12.1 Å². The van der Waals surface area contributed by atoms with Crippen molar-refractivity contribution in [2.45, 2.75) is 20.3 Å². The standard InChI is InChI=1S/C13H20N6/c1-3-11-9-12(19-13(16-11)14-10-15-19)18-7-5-17(4-2)6-8-18/h9-10H,3-8H2,1-2H3. The summed E-state index contributed by atoms with van der Waals surface area (Å²) in [5.41, 5.74) is 1.08. The number of nitrogens with zero attached hydrogens (tertiary/aromatic N) is 6. The number of hydrogen-bond donors (Lipinski definition) is 0. The highest BCUT2D eigenvalue weighted by Crippen LogP contribution is 2.18. The number of rotatable bonds is 3. The Morgan fingerprint density at radius 3 is 2.63 bits per heavy atom. The molecule has 0 N–H and O–H groups in total. The van der Waals surface area contributed by atoms with Crippen molar-refractivity contribution < 1.29 is 0 Å². The Bertz CT molecular complexity index is 555. The van der Waals surface area contributed by atoms with Crippen molar-refractivity contribution in [1.29, 1.82) is 0 Å². The molecule has 0 radical (unpaired) electrons. The van der Waals surface area contributed by atoms with E-state index in [1.807, 2.05) is 4.52 Å². The van der Waals surface area contributed by atoms with E-state index in [0.717, 1.165) is 50.7 Å². The van der Waals surface area contributed by atoms with Crippen LogP contribution in [0.1, 0.15) is 19.5 Å². The quantitative estimate of drug-likeness (QED) is 0.818. The molecule has 2 aromatic rings. The topological polar surface area (TPSA) is 49.6 Å². The van der Waals surface area contributed by atoms with Crippen LogP contribution in [0.25, 0.3) is 5.78 Å². The lowest BCUT2D eigenvalue weighted by Crippen LogP contribution is -2.46. The van der Waals surface area contributed by atoms with Gasteiger partial charge in [0.25, 0.3) is 5.78 Å². The third kappa shape index (κ3) is 2.28. The summed E-state index contributed by atoms with van der Waals surface area (Å²) < 4.78 is 1.85.